The lowest BCUT2D eigenvalue weighted by Gasteiger charge is -2.24. The Balaban J connectivity index is 1.74. The highest BCUT2D eigenvalue weighted by Gasteiger charge is 2.40. The van der Waals surface area contributed by atoms with E-state index in [0.29, 0.717) is 18.7 Å². The second kappa shape index (κ2) is 5.87. The van der Waals surface area contributed by atoms with Gasteiger partial charge in [-0.3, -0.25) is 4.98 Å². The van der Waals surface area contributed by atoms with Crippen LogP contribution in [0.1, 0.15) is 31.2 Å². The van der Waals surface area contributed by atoms with E-state index in [-0.39, 0.29) is 0 Å². The van der Waals surface area contributed by atoms with Gasteiger partial charge in [0.25, 0.3) is 0 Å². The van der Waals surface area contributed by atoms with Crippen LogP contribution in [0.4, 0.5) is 5.69 Å². The Kier molecular flexibility index (Phi) is 3.69. The first-order chi connectivity index (χ1) is 11.7. The molecule has 1 atom stereocenters. The molecule has 1 saturated heterocycles. The number of benzene rings is 1. The van der Waals surface area contributed by atoms with Gasteiger partial charge in [-0.1, -0.05) is 31.5 Å². The molecule has 0 amide bonds. The van der Waals surface area contributed by atoms with Gasteiger partial charge in [-0.25, -0.2) is 0 Å². The second-order valence-electron chi connectivity index (χ2n) is 6.46. The fourth-order valence-electron chi connectivity index (χ4n) is 3.49. The van der Waals surface area contributed by atoms with Crippen LogP contribution in [0.5, 0.6) is 0 Å². The minimum atomic E-state index is -0.956. The Bertz CT molecular complexity index is 848. The molecule has 6 nitrogen and oxygen atoms in total. The number of aliphatic hydroxyl groups is 1. The third-order valence-electron chi connectivity index (χ3n) is 4.73. The van der Waals surface area contributed by atoms with Crippen LogP contribution in [0, 0.1) is 0 Å². The van der Waals surface area contributed by atoms with Gasteiger partial charge in [0.05, 0.1) is 18.3 Å². The van der Waals surface area contributed by atoms with Crippen molar-refractivity contribution in [1.29, 1.82) is 0 Å². The largest absolute Gasteiger partial charge is 0.381 e. The summed E-state index contributed by atoms with van der Waals surface area (Å²) in [6.45, 7) is 3.46. The molecule has 6 heteroatoms. The van der Waals surface area contributed by atoms with Gasteiger partial charge < -0.3 is 10.0 Å². The van der Waals surface area contributed by atoms with E-state index in [2.05, 4.69) is 45.4 Å². The Morgan fingerprint density at radius 1 is 1.33 bits per heavy atom. The van der Waals surface area contributed by atoms with E-state index < -0.39 is 5.60 Å². The third-order valence-corrected chi connectivity index (χ3v) is 4.73. The Morgan fingerprint density at radius 3 is 3.00 bits per heavy atom. The van der Waals surface area contributed by atoms with Crippen LogP contribution in [0.2, 0.25) is 0 Å². The number of fused-ring (bicyclic) bond motifs is 1. The summed E-state index contributed by atoms with van der Waals surface area (Å²) in [6, 6.07) is 10.4. The minimum absolute atomic E-state index is 0.513. The molecule has 2 N–H and O–H groups in total. The number of hydrogen-bond acceptors (Lipinski definition) is 5. The standard InChI is InChI=1S/C18H21N5O/c1-2-5-13-10-16(14-6-3-4-7-15(14)20-13)23-9-8-18(24,12-23)17-11-19-22-21-17/h3-4,6-7,10-11,24H,2,5,8-9,12H2,1H3,(H,19,21,22)/t18-/m1/s1. The van der Waals surface area contributed by atoms with Crippen LogP contribution in [0.25, 0.3) is 10.9 Å². The maximum absolute atomic E-state index is 10.9. The van der Waals surface area contributed by atoms with Crippen molar-refractivity contribution in [2.24, 2.45) is 0 Å². The summed E-state index contributed by atoms with van der Waals surface area (Å²) in [6.07, 6.45) is 4.27. The van der Waals surface area contributed by atoms with Crippen LogP contribution in [-0.4, -0.2) is 38.6 Å². The average Bonchev–Trinajstić information content (AvgIpc) is 3.25. The molecule has 0 saturated carbocycles. The number of aromatic amines is 1. The van der Waals surface area contributed by atoms with Crippen molar-refractivity contribution in [2.45, 2.75) is 31.8 Å². The Morgan fingerprint density at radius 2 is 2.21 bits per heavy atom. The molecular weight excluding hydrogens is 302 g/mol. The number of rotatable bonds is 4. The highest BCUT2D eigenvalue weighted by Crippen LogP contribution is 2.36. The van der Waals surface area contributed by atoms with E-state index in [1.807, 2.05) is 12.1 Å². The summed E-state index contributed by atoms with van der Waals surface area (Å²) in [5.74, 6) is 0. The van der Waals surface area contributed by atoms with Crippen molar-refractivity contribution in [2.75, 3.05) is 18.0 Å². The molecule has 0 radical (unpaired) electrons. The lowest BCUT2D eigenvalue weighted by atomic mass is 10.00. The van der Waals surface area contributed by atoms with E-state index in [4.69, 9.17) is 4.98 Å². The monoisotopic (exact) mass is 323 g/mol. The van der Waals surface area contributed by atoms with Gasteiger partial charge in [0, 0.05) is 29.7 Å². The Labute approximate surface area is 140 Å². The predicted octanol–water partition coefficient (Wildman–Crippen LogP) is 2.40. The molecule has 1 fully saturated rings. The van der Waals surface area contributed by atoms with Crippen LogP contribution in [0.15, 0.2) is 36.5 Å². The molecule has 0 spiro atoms. The molecule has 0 aliphatic carbocycles. The molecule has 1 aliphatic heterocycles. The van der Waals surface area contributed by atoms with E-state index in [9.17, 15) is 5.11 Å². The molecule has 2 aromatic heterocycles. The SMILES string of the molecule is CCCc1cc(N2CC[C@](O)(c3cn[nH]n3)C2)c2ccccc2n1. The lowest BCUT2D eigenvalue weighted by Crippen LogP contribution is -2.31. The van der Waals surface area contributed by atoms with Gasteiger partial charge in [-0.05, 0) is 18.6 Å². The highest BCUT2D eigenvalue weighted by atomic mass is 16.3. The Hall–Kier alpha value is -2.47. The van der Waals surface area contributed by atoms with Crippen molar-refractivity contribution in [1.82, 2.24) is 20.4 Å². The number of aromatic nitrogens is 4. The van der Waals surface area contributed by atoms with E-state index in [0.717, 1.165) is 41.7 Å². The zero-order valence-corrected chi connectivity index (χ0v) is 13.7. The van der Waals surface area contributed by atoms with Gasteiger partial charge in [0.1, 0.15) is 11.3 Å². The van der Waals surface area contributed by atoms with Crippen LogP contribution in [0.3, 0.4) is 0 Å². The number of pyridine rings is 1. The summed E-state index contributed by atoms with van der Waals surface area (Å²) in [4.78, 5) is 7.00. The quantitative estimate of drug-likeness (QED) is 0.771. The summed E-state index contributed by atoms with van der Waals surface area (Å²) in [7, 11) is 0. The number of anilines is 1. The first-order valence-electron chi connectivity index (χ1n) is 8.42. The topological polar surface area (TPSA) is 77.9 Å². The van der Waals surface area contributed by atoms with Gasteiger partial charge in [-0.15, -0.1) is 0 Å². The molecule has 3 aromatic rings. The highest BCUT2D eigenvalue weighted by molar-refractivity contribution is 5.92. The fourth-order valence-corrected chi connectivity index (χ4v) is 3.49. The van der Waals surface area contributed by atoms with Crippen molar-refractivity contribution in [3.63, 3.8) is 0 Å². The number of hydrogen-bond donors (Lipinski definition) is 2. The molecule has 24 heavy (non-hydrogen) atoms. The van der Waals surface area contributed by atoms with Crippen LogP contribution >= 0.6 is 0 Å². The fraction of sp³-hybridized carbons (Fsp3) is 0.389. The molecule has 124 valence electrons. The molecule has 0 unspecified atom stereocenters. The molecule has 1 aromatic carbocycles. The van der Waals surface area contributed by atoms with Gasteiger partial charge >= 0.3 is 0 Å². The van der Waals surface area contributed by atoms with Crippen molar-refractivity contribution in [3.05, 3.63) is 47.9 Å². The number of β-amino-alcohol motifs (C(OH)–C–C–N with tert-alkyl or cyclic N) is 1. The minimum Gasteiger partial charge on any atom is -0.381 e. The number of H-pyrrole nitrogens is 1. The van der Waals surface area contributed by atoms with E-state index in [1.165, 1.54) is 0 Å². The van der Waals surface area contributed by atoms with E-state index >= 15 is 0 Å². The third kappa shape index (κ3) is 2.53. The molecule has 0 bridgehead atoms. The van der Waals surface area contributed by atoms with Gasteiger partial charge in [0.2, 0.25) is 0 Å². The van der Waals surface area contributed by atoms with Gasteiger partial charge in [0.15, 0.2) is 0 Å². The maximum atomic E-state index is 10.9. The molecule has 3 heterocycles. The van der Waals surface area contributed by atoms with E-state index in [1.54, 1.807) is 6.20 Å². The summed E-state index contributed by atoms with van der Waals surface area (Å²) in [5.41, 5.74) is 2.90. The van der Waals surface area contributed by atoms with Gasteiger partial charge in [-0.2, -0.15) is 15.4 Å². The maximum Gasteiger partial charge on any atom is 0.129 e. The second-order valence-corrected chi connectivity index (χ2v) is 6.46. The summed E-state index contributed by atoms with van der Waals surface area (Å²) >= 11 is 0. The summed E-state index contributed by atoms with van der Waals surface area (Å²) in [5, 5.41) is 22.6. The summed E-state index contributed by atoms with van der Waals surface area (Å²) < 4.78 is 0. The molecule has 4 rings (SSSR count). The smallest absolute Gasteiger partial charge is 0.129 e. The predicted molar refractivity (Wildman–Crippen MR) is 92.8 cm³/mol. The first kappa shape index (κ1) is 15.1. The molecular formula is C18H21N5O. The number of nitrogens with one attached hydrogen (secondary N) is 1. The van der Waals surface area contributed by atoms with Crippen molar-refractivity contribution in [3.8, 4) is 0 Å². The van der Waals surface area contributed by atoms with Crippen molar-refractivity contribution >= 4 is 16.6 Å². The average molecular weight is 323 g/mol. The number of nitrogens with zero attached hydrogens (tertiary/aromatic N) is 4. The van der Waals surface area contributed by atoms with Crippen LogP contribution in [-0.2, 0) is 12.0 Å². The number of aryl methyl sites for hydroxylation is 1. The normalized spacial score (nSPS) is 20.8. The lowest BCUT2D eigenvalue weighted by molar-refractivity contribution is 0.0560. The first-order valence-corrected chi connectivity index (χ1v) is 8.42. The molecule has 1 aliphatic rings. The zero-order valence-electron chi connectivity index (χ0n) is 13.7. The number of para-hydroxylation sites is 1. The zero-order chi connectivity index (χ0) is 16.6. The van der Waals surface area contributed by atoms with Crippen molar-refractivity contribution < 1.29 is 5.11 Å². The van der Waals surface area contributed by atoms with Crippen LogP contribution < -0.4 is 4.90 Å².